The highest BCUT2D eigenvalue weighted by molar-refractivity contribution is 5.89. The molecular formula is C22H22N8O. The van der Waals surface area contributed by atoms with Crippen LogP contribution in [0.5, 0.6) is 0 Å². The van der Waals surface area contributed by atoms with Crippen LogP contribution in [0.3, 0.4) is 0 Å². The third kappa shape index (κ3) is 2.99. The van der Waals surface area contributed by atoms with Gasteiger partial charge in [0.15, 0.2) is 11.5 Å². The normalized spacial score (nSPS) is 19.2. The van der Waals surface area contributed by atoms with Crippen molar-refractivity contribution in [1.82, 2.24) is 24.1 Å². The number of hydrogen-bond acceptors (Lipinski definition) is 7. The number of fused-ring (bicyclic) bond motifs is 2. The van der Waals surface area contributed by atoms with Gasteiger partial charge >= 0.3 is 0 Å². The number of piperazine rings is 1. The average molecular weight is 414 g/mol. The molecule has 31 heavy (non-hydrogen) atoms. The van der Waals surface area contributed by atoms with E-state index >= 15 is 0 Å². The van der Waals surface area contributed by atoms with Gasteiger partial charge in [-0.1, -0.05) is 0 Å². The van der Waals surface area contributed by atoms with Crippen LogP contribution in [-0.4, -0.2) is 49.3 Å². The zero-order chi connectivity index (χ0) is 21.7. The molecule has 0 saturated carbocycles. The topological polar surface area (TPSA) is 95.3 Å². The molecule has 0 amide bonds. The van der Waals surface area contributed by atoms with Crippen LogP contribution in [0.1, 0.15) is 19.5 Å². The van der Waals surface area contributed by atoms with Gasteiger partial charge < -0.3 is 14.4 Å². The van der Waals surface area contributed by atoms with E-state index in [-0.39, 0.29) is 17.6 Å². The van der Waals surface area contributed by atoms with Crippen LogP contribution in [0.4, 0.5) is 11.5 Å². The fraction of sp³-hybridized carbons (Fsp3) is 0.318. The lowest BCUT2D eigenvalue weighted by Gasteiger charge is -2.45. The molecule has 9 heteroatoms. The first-order valence-electron chi connectivity index (χ1n) is 10.2. The molecule has 1 saturated heterocycles. The summed E-state index contributed by atoms with van der Waals surface area (Å²) in [6.07, 6.45) is 3.61. The van der Waals surface area contributed by atoms with Crippen LogP contribution in [0, 0.1) is 11.3 Å². The van der Waals surface area contributed by atoms with E-state index in [4.69, 9.17) is 0 Å². The zero-order valence-corrected chi connectivity index (χ0v) is 17.6. The largest absolute Gasteiger partial charge is 0.363 e. The molecule has 5 heterocycles. The minimum absolute atomic E-state index is 0.0951. The van der Waals surface area contributed by atoms with Gasteiger partial charge in [0.25, 0.3) is 5.56 Å². The molecule has 0 spiro atoms. The molecule has 0 bridgehead atoms. The van der Waals surface area contributed by atoms with Crippen molar-refractivity contribution >= 4 is 28.2 Å². The van der Waals surface area contributed by atoms with Gasteiger partial charge in [-0.05, 0) is 38.1 Å². The summed E-state index contributed by atoms with van der Waals surface area (Å²) < 4.78 is 3.43. The summed E-state index contributed by atoms with van der Waals surface area (Å²) in [5.74, 6) is 0.952. The van der Waals surface area contributed by atoms with Crippen molar-refractivity contribution in [3.8, 4) is 6.07 Å². The number of hydrogen-bond donors (Lipinski definition) is 0. The van der Waals surface area contributed by atoms with E-state index in [1.54, 1.807) is 36.0 Å². The maximum absolute atomic E-state index is 12.6. The molecule has 1 fully saturated rings. The molecule has 1 aliphatic heterocycles. The van der Waals surface area contributed by atoms with E-state index in [2.05, 4.69) is 44.8 Å². The Balaban J connectivity index is 1.56. The Hall–Kier alpha value is -3.93. The lowest BCUT2D eigenvalue weighted by molar-refractivity contribution is 0.475. The van der Waals surface area contributed by atoms with E-state index in [0.29, 0.717) is 17.8 Å². The van der Waals surface area contributed by atoms with E-state index in [9.17, 15) is 10.1 Å². The van der Waals surface area contributed by atoms with E-state index < -0.39 is 0 Å². The van der Waals surface area contributed by atoms with Gasteiger partial charge in [-0.3, -0.25) is 4.79 Å². The van der Waals surface area contributed by atoms with E-state index in [0.717, 1.165) is 29.2 Å². The molecule has 5 rings (SSSR count). The number of pyridine rings is 2. The molecule has 2 atom stereocenters. The highest BCUT2D eigenvalue weighted by Gasteiger charge is 2.32. The highest BCUT2D eigenvalue weighted by Crippen LogP contribution is 2.30. The SMILES string of the molecule is C[C@@H]1CN(c2cc(=O)n(C)c3ccc(C#N)nc23)[C@@H](C)CN1c1cnc2cccnn12. The smallest absolute Gasteiger partial charge is 0.252 e. The molecule has 9 nitrogen and oxygen atoms in total. The maximum atomic E-state index is 12.6. The molecule has 4 aromatic heterocycles. The second kappa shape index (κ2) is 7.09. The predicted molar refractivity (Wildman–Crippen MR) is 118 cm³/mol. The number of imidazole rings is 1. The average Bonchev–Trinajstić information content (AvgIpc) is 3.21. The van der Waals surface area contributed by atoms with Crippen molar-refractivity contribution < 1.29 is 0 Å². The Morgan fingerprint density at radius 2 is 1.90 bits per heavy atom. The summed E-state index contributed by atoms with van der Waals surface area (Å²) in [4.78, 5) is 26.2. The molecule has 156 valence electrons. The summed E-state index contributed by atoms with van der Waals surface area (Å²) in [6, 6.07) is 11.2. The van der Waals surface area contributed by atoms with Crippen molar-refractivity contribution in [1.29, 1.82) is 5.26 Å². The Bertz CT molecular complexity index is 1400. The second-order valence-corrected chi connectivity index (χ2v) is 8.02. The Morgan fingerprint density at radius 3 is 2.71 bits per heavy atom. The third-order valence-corrected chi connectivity index (χ3v) is 6.03. The number of rotatable bonds is 2. The summed E-state index contributed by atoms with van der Waals surface area (Å²) in [5.41, 5.74) is 3.21. The Morgan fingerprint density at radius 1 is 1.13 bits per heavy atom. The summed E-state index contributed by atoms with van der Waals surface area (Å²) >= 11 is 0. The standard InChI is InChI=1S/C22H22N8O/c1-14-13-29(20-11-24-19-5-4-8-25-30(19)20)15(2)12-28(14)18-9-21(31)27(3)17-7-6-16(10-23)26-22(17)18/h4-9,11,14-15H,12-13H2,1-3H3/t14-,15+/m0/s1. The van der Waals surface area contributed by atoms with Crippen molar-refractivity contribution in [3.05, 3.63) is 58.8 Å². The Kier molecular flexibility index (Phi) is 4.36. The maximum Gasteiger partial charge on any atom is 0.252 e. The van der Waals surface area contributed by atoms with Crippen LogP contribution in [-0.2, 0) is 7.05 Å². The molecule has 0 aromatic carbocycles. The minimum Gasteiger partial charge on any atom is -0.363 e. The van der Waals surface area contributed by atoms with Crippen molar-refractivity contribution in [2.75, 3.05) is 22.9 Å². The summed E-state index contributed by atoms with van der Waals surface area (Å²) in [7, 11) is 1.73. The predicted octanol–water partition coefficient (Wildman–Crippen LogP) is 1.95. The van der Waals surface area contributed by atoms with Gasteiger partial charge in [0.2, 0.25) is 0 Å². The van der Waals surface area contributed by atoms with Crippen LogP contribution in [0.2, 0.25) is 0 Å². The van der Waals surface area contributed by atoms with Crippen molar-refractivity contribution in [3.63, 3.8) is 0 Å². The second-order valence-electron chi connectivity index (χ2n) is 8.02. The molecule has 4 aromatic rings. The minimum atomic E-state index is -0.0951. The Labute approximate surface area is 178 Å². The van der Waals surface area contributed by atoms with Gasteiger partial charge in [-0.2, -0.15) is 14.9 Å². The van der Waals surface area contributed by atoms with Gasteiger partial charge in [0.1, 0.15) is 17.3 Å². The number of aryl methyl sites for hydroxylation is 1. The van der Waals surface area contributed by atoms with Crippen LogP contribution in [0.25, 0.3) is 16.7 Å². The lowest BCUT2D eigenvalue weighted by Crippen LogP contribution is -2.57. The lowest BCUT2D eigenvalue weighted by atomic mass is 10.1. The fourth-order valence-electron chi connectivity index (χ4n) is 4.39. The quantitative estimate of drug-likeness (QED) is 0.495. The van der Waals surface area contributed by atoms with Gasteiger partial charge in [-0.25, -0.2) is 9.97 Å². The number of nitriles is 1. The van der Waals surface area contributed by atoms with Gasteiger partial charge in [-0.15, -0.1) is 0 Å². The van der Waals surface area contributed by atoms with Crippen molar-refractivity contribution in [2.45, 2.75) is 25.9 Å². The molecular weight excluding hydrogens is 392 g/mol. The molecule has 0 aliphatic carbocycles. The summed E-state index contributed by atoms with van der Waals surface area (Å²) in [5, 5.41) is 13.8. The number of anilines is 2. The zero-order valence-electron chi connectivity index (χ0n) is 17.6. The molecule has 1 aliphatic rings. The van der Waals surface area contributed by atoms with Crippen LogP contribution < -0.4 is 15.4 Å². The molecule has 0 unspecified atom stereocenters. The fourth-order valence-corrected chi connectivity index (χ4v) is 4.39. The van der Waals surface area contributed by atoms with E-state index in [1.807, 2.05) is 22.8 Å². The molecule has 0 radical (unpaired) electrons. The van der Waals surface area contributed by atoms with Gasteiger partial charge in [0.05, 0.1) is 17.4 Å². The van der Waals surface area contributed by atoms with E-state index in [1.165, 1.54) is 0 Å². The highest BCUT2D eigenvalue weighted by atomic mass is 16.1. The van der Waals surface area contributed by atoms with Gasteiger partial charge in [0, 0.05) is 44.5 Å². The van der Waals surface area contributed by atoms with Crippen LogP contribution in [0.15, 0.2) is 47.5 Å². The summed E-state index contributed by atoms with van der Waals surface area (Å²) in [6.45, 7) is 5.72. The number of aromatic nitrogens is 5. The molecule has 0 N–H and O–H groups in total. The monoisotopic (exact) mass is 414 g/mol. The first-order valence-corrected chi connectivity index (χ1v) is 10.2. The van der Waals surface area contributed by atoms with Crippen LogP contribution >= 0.6 is 0 Å². The van der Waals surface area contributed by atoms with Crippen molar-refractivity contribution in [2.24, 2.45) is 7.05 Å². The first kappa shape index (κ1) is 19.1. The third-order valence-electron chi connectivity index (χ3n) is 6.03. The first-order chi connectivity index (χ1) is 15.0. The number of nitrogens with zero attached hydrogens (tertiary/aromatic N) is 8.